The van der Waals surface area contributed by atoms with Crippen LogP contribution in [0.3, 0.4) is 0 Å². The van der Waals surface area contributed by atoms with Crippen molar-refractivity contribution in [2.45, 2.75) is 20.1 Å². The summed E-state index contributed by atoms with van der Waals surface area (Å²) in [5.41, 5.74) is 2.32. The highest BCUT2D eigenvalue weighted by Gasteiger charge is 2.22. The van der Waals surface area contributed by atoms with E-state index in [0.29, 0.717) is 17.8 Å². The van der Waals surface area contributed by atoms with Crippen molar-refractivity contribution in [1.82, 2.24) is 9.78 Å². The molecule has 0 bridgehead atoms. The lowest BCUT2D eigenvalue weighted by molar-refractivity contribution is -0.384. The molecule has 0 spiro atoms. The predicted octanol–water partition coefficient (Wildman–Crippen LogP) is 4.16. The van der Waals surface area contributed by atoms with Gasteiger partial charge in [0.1, 0.15) is 17.3 Å². The van der Waals surface area contributed by atoms with E-state index >= 15 is 0 Å². The third-order valence-corrected chi connectivity index (χ3v) is 4.35. The van der Waals surface area contributed by atoms with Crippen molar-refractivity contribution in [3.05, 3.63) is 92.2 Å². The molecule has 0 saturated heterocycles. The molecule has 0 aliphatic heterocycles. The fourth-order valence-electron chi connectivity index (χ4n) is 2.58. The van der Waals surface area contributed by atoms with Crippen molar-refractivity contribution in [2.24, 2.45) is 0 Å². The Labute approximate surface area is 160 Å². The summed E-state index contributed by atoms with van der Waals surface area (Å²) in [5, 5.41) is 15.2. The topological polar surface area (TPSA) is 87.3 Å². The molecule has 0 aliphatic rings. The van der Waals surface area contributed by atoms with Gasteiger partial charge in [0.05, 0.1) is 17.2 Å². The zero-order chi connectivity index (χ0) is 19.4. The van der Waals surface area contributed by atoms with Crippen molar-refractivity contribution < 1.29 is 14.5 Å². The normalized spacial score (nSPS) is 10.6. The Kier molecular flexibility index (Phi) is 5.52. The molecule has 2 aromatic carbocycles. The molecule has 3 rings (SSSR count). The van der Waals surface area contributed by atoms with Crippen LogP contribution in [0.25, 0.3) is 0 Å². The summed E-state index contributed by atoms with van der Waals surface area (Å²) in [6.07, 6.45) is 0. The maximum atomic E-state index is 12.4. The molecule has 3 aromatic rings. The number of esters is 1. The average molecular weight is 386 g/mol. The van der Waals surface area contributed by atoms with Gasteiger partial charge in [0.25, 0.3) is 5.69 Å². The Morgan fingerprint density at radius 3 is 2.44 bits per heavy atom. The quantitative estimate of drug-likeness (QED) is 0.361. The molecular formula is C19H16ClN3O4. The lowest BCUT2D eigenvalue weighted by atomic mass is 10.2. The molecule has 1 aromatic heterocycles. The molecule has 138 valence electrons. The van der Waals surface area contributed by atoms with Crippen LogP contribution >= 0.6 is 11.6 Å². The number of hydrogen-bond donors (Lipinski definition) is 0. The number of aromatic nitrogens is 2. The average Bonchev–Trinajstić information content (AvgIpc) is 2.94. The molecule has 0 radical (unpaired) electrons. The molecule has 8 heteroatoms. The van der Waals surface area contributed by atoms with E-state index in [0.717, 1.165) is 5.56 Å². The van der Waals surface area contributed by atoms with Crippen LogP contribution < -0.4 is 0 Å². The number of nitro groups is 1. The van der Waals surface area contributed by atoms with Crippen LogP contribution in [0, 0.1) is 17.0 Å². The van der Waals surface area contributed by atoms with Gasteiger partial charge in [-0.3, -0.25) is 10.1 Å². The standard InChI is InChI=1S/C19H16ClN3O4/c1-13-17(18(20)22(21-13)11-14-5-3-2-4-6-14)19(24)27-12-15-7-9-16(10-8-15)23(25)26/h2-10H,11-12H2,1H3. The van der Waals surface area contributed by atoms with Crippen molar-refractivity contribution in [3.63, 3.8) is 0 Å². The fraction of sp³-hybridized carbons (Fsp3) is 0.158. The monoisotopic (exact) mass is 385 g/mol. The summed E-state index contributed by atoms with van der Waals surface area (Å²) in [6, 6.07) is 15.4. The summed E-state index contributed by atoms with van der Waals surface area (Å²) < 4.78 is 6.84. The minimum atomic E-state index is -0.588. The summed E-state index contributed by atoms with van der Waals surface area (Å²) in [6.45, 7) is 2.11. The van der Waals surface area contributed by atoms with E-state index in [-0.39, 0.29) is 23.0 Å². The lowest BCUT2D eigenvalue weighted by Crippen LogP contribution is -2.07. The van der Waals surface area contributed by atoms with Gasteiger partial charge in [0.2, 0.25) is 0 Å². The van der Waals surface area contributed by atoms with E-state index in [4.69, 9.17) is 16.3 Å². The number of benzene rings is 2. The molecule has 0 saturated carbocycles. The van der Waals surface area contributed by atoms with E-state index in [2.05, 4.69) is 5.10 Å². The molecule has 0 aliphatic carbocycles. The highest BCUT2D eigenvalue weighted by molar-refractivity contribution is 6.32. The van der Waals surface area contributed by atoms with E-state index in [9.17, 15) is 14.9 Å². The highest BCUT2D eigenvalue weighted by atomic mass is 35.5. The number of nitrogens with zero attached hydrogens (tertiary/aromatic N) is 3. The molecule has 1 heterocycles. The Bertz CT molecular complexity index is 969. The van der Waals surface area contributed by atoms with Crippen molar-refractivity contribution in [2.75, 3.05) is 0 Å². The fourth-order valence-corrected chi connectivity index (χ4v) is 2.89. The van der Waals surface area contributed by atoms with Crippen LogP contribution in [0.2, 0.25) is 5.15 Å². The molecule has 0 fully saturated rings. The van der Waals surface area contributed by atoms with E-state index in [1.807, 2.05) is 30.3 Å². The van der Waals surface area contributed by atoms with Crippen LogP contribution in [0.4, 0.5) is 5.69 Å². The molecule has 0 amide bonds. The largest absolute Gasteiger partial charge is 0.457 e. The van der Waals surface area contributed by atoms with Gasteiger partial charge in [-0.25, -0.2) is 9.48 Å². The smallest absolute Gasteiger partial charge is 0.343 e. The molecular weight excluding hydrogens is 370 g/mol. The number of hydrogen-bond acceptors (Lipinski definition) is 5. The summed E-state index contributed by atoms with van der Waals surface area (Å²) >= 11 is 6.34. The Morgan fingerprint density at radius 2 is 1.81 bits per heavy atom. The van der Waals surface area contributed by atoms with E-state index < -0.39 is 10.9 Å². The number of halogens is 1. The second kappa shape index (κ2) is 8.01. The number of carbonyl (C=O) groups excluding carboxylic acids is 1. The van der Waals surface area contributed by atoms with Gasteiger partial charge in [-0.2, -0.15) is 5.10 Å². The minimum Gasteiger partial charge on any atom is -0.457 e. The SMILES string of the molecule is Cc1nn(Cc2ccccc2)c(Cl)c1C(=O)OCc1ccc([N+](=O)[O-])cc1. The molecule has 0 unspecified atom stereocenters. The highest BCUT2D eigenvalue weighted by Crippen LogP contribution is 2.22. The maximum Gasteiger partial charge on any atom is 0.343 e. The van der Waals surface area contributed by atoms with Gasteiger partial charge in [0, 0.05) is 12.1 Å². The van der Waals surface area contributed by atoms with Crippen LogP contribution in [0.1, 0.15) is 27.2 Å². The first-order chi connectivity index (χ1) is 13.0. The molecule has 7 nitrogen and oxygen atoms in total. The predicted molar refractivity (Wildman–Crippen MR) is 99.7 cm³/mol. The van der Waals surface area contributed by atoms with Gasteiger partial charge in [-0.1, -0.05) is 41.9 Å². The minimum absolute atomic E-state index is 0.0174. The second-order valence-electron chi connectivity index (χ2n) is 5.89. The van der Waals surface area contributed by atoms with Crippen LogP contribution in [0.5, 0.6) is 0 Å². The molecule has 0 N–H and O–H groups in total. The van der Waals surface area contributed by atoms with E-state index in [1.54, 1.807) is 23.7 Å². The zero-order valence-corrected chi connectivity index (χ0v) is 15.2. The molecule has 27 heavy (non-hydrogen) atoms. The summed E-state index contributed by atoms with van der Waals surface area (Å²) in [5.74, 6) is -0.588. The first kappa shape index (κ1) is 18.6. The summed E-state index contributed by atoms with van der Waals surface area (Å²) in [7, 11) is 0. The third kappa shape index (κ3) is 4.32. The summed E-state index contributed by atoms with van der Waals surface area (Å²) in [4.78, 5) is 22.6. The van der Waals surface area contributed by atoms with Gasteiger partial charge in [-0.15, -0.1) is 0 Å². The van der Waals surface area contributed by atoms with E-state index in [1.165, 1.54) is 12.1 Å². The Hall–Kier alpha value is -3.19. The number of aryl methyl sites for hydroxylation is 1. The number of non-ortho nitro benzene ring substituents is 1. The third-order valence-electron chi connectivity index (χ3n) is 3.96. The maximum absolute atomic E-state index is 12.4. The van der Waals surface area contributed by atoms with Crippen molar-refractivity contribution in [1.29, 1.82) is 0 Å². The number of carbonyl (C=O) groups is 1. The molecule has 0 atom stereocenters. The first-order valence-corrected chi connectivity index (χ1v) is 8.51. The second-order valence-corrected chi connectivity index (χ2v) is 6.25. The van der Waals surface area contributed by atoms with Gasteiger partial charge < -0.3 is 4.74 Å². The van der Waals surface area contributed by atoms with Crippen LogP contribution in [-0.2, 0) is 17.9 Å². The first-order valence-electron chi connectivity index (χ1n) is 8.13. The number of ether oxygens (including phenoxy) is 1. The lowest BCUT2D eigenvalue weighted by Gasteiger charge is -2.06. The van der Waals surface area contributed by atoms with Crippen molar-refractivity contribution >= 4 is 23.3 Å². The Balaban J connectivity index is 1.70. The number of rotatable bonds is 6. The Morgan fingerprint density at radius 1 is 1.15 bits per heavy atom. The van der Waals surface area contributed by atoms with Gasteiger partial charge in [0.15, 0.2) is 0 Å². The van der Waals surface area contributed by atoms with Crippen LogP contribution in [-0.4, -0.2) is 20.7 Å². The van der Waals surface area contributed by atoms with Gasteiger partial charge >= 0.3 is 5.97 Å². The zero-order valence-electron chi connectivity index (χ0n) is 14.5. The van der Waals surface area contributed by atoms with Crippen LogP contribution in [0.15, 0.2) is 54.6 Å². The number of nitro benzene ring substituents is 1. The van der Waals surface area contributed by atoms with Gasteiger partial charge in [-0.05, 0) is 30.2 Å². The van der Waals surface area contributed by atoms with Crippen molar-refractivity contribution in [3.8, 4) is 0 Å².